The Morgan fingerprint density at radius 2 is 2.10 bits per heavy atom. The first-order valence-corrected chi connectivity index (χ1v) is 7.03. The molecule has 0 fully saturated rings. The molecule has 106 valence electrons. The maximum absolute atomic E-state index is 5.60. The van der Waals surface area contributed by atoms with Gasteiger partial charge in [-0.05, 0) is 25.5 Å². The Morgan fingerprint density at radius 3 is 2.85 bits per heavy atom. The average Bonchev–Trinajstić information content (AvgIpc) is 2.79. The third-order valence-electron chi connectivity index (χ3n) is 2.93. The van der Waals surface area contributed by atoms with E-state index in [-0.39, 0.29) is 0 Å². The third kappa shape index (κ3) is 3.47. The predicted octanol–water partition coefficient (Wildman–Crippen LogP) is 3.52. The number of aryl methyl sites for hydroxylation is 2. The van der Waals surface area contributed by atoms with Gasteiger partial charge in [0.2, 0.25) is 0 Å². The molecule has 0 amide bonds. The van der Waals surface area contributed by atoms with Gasteiger partial charge in [-0.3, -0.25) is 9.67 Å². The number of rotatable bonds is 6. The molecular weight excluding hydrogens is 250 g/mol. The molecule has 1 aromatic carbocycles. The fourth-order valence-corrected chi connectivity index (χ4v) is 2.06. The zero-order valence-electron chi connectivity index (χ0n) is 12.3. The third-order valence-corrected chi connectivity index (χ3v) is 2.93. The lowest BCUT2D eigenvalue weighted by atomic mass is 10.2. The zero-order chi connectivity index (χ0) is 14.4. The summed E-state index contributed by atoms with van der Waals surface area (Å²) in [5.41, 5.74) is 2.96. The first-order chi connectivity index (χ1) is 9.74. The van der Waals surface area contributed by atoms with Crippen LogP contribution in [0.4, 0.5) is 5.69 Å². The Labute approximate surface area is 120 Å². The minimum absolute atomic E-state index is 0.652. The number of aromatic nitrogens is 2. The second-order valence-electron chi connectivity index (χ2n) is 4.61. The number of para-hydroxylation sites is 1. The Hall–Kier alpha value is -2.10. The van der Waals surface area contributed by atoms with Crippen LogP contribution in [0.15, 0.2) is 35.5 Å². The van der Waals surface area contributed by atoms with Crippen molar-refractivity contribution >= 4 is 11.9 Å². The van der Waals surface area contributed by atoms with Crippen LogP contribution in [-0.4, -0.2) is 22.6 Å². The first kappa shape index (κ1) is 14.3. The molecule has 2 aromatic rings. The summed E-state index contributed by atoms with van der Waals surface area (Å²) in [6, 6.07) is 7.92. The van der Waals surface area contributed by atoms with E-state index in [1.165, 1.54) is 0 Å². The van der Waals surface area contributed by atoms with Gasteiger partial charge >= 0.3 is 0 Å². The molecule has 0 atom stereocenters. The number of nitrogens with zero attached hydrogens (tertiary/aromatic N) is 3. The number of hydrogen-bond acceptors (Lipinski definition) is 3. The van der Waals surface area contributed by atoms with Gasteiger partial charge in [0.25, 0.3) is 0 Å². The molecule has 0 radical (unpaired) electrons. The van der Waals surface area contributed by atoms with E-state index in [1.807, 2.05) is 55.3 Å². The molecule has 1 aromatic heterocycles. The van der Waals surface area contributed by atoms with Gasteiger partial charge in [0.1, 0.15) is 11.4 Å². The molecule has 1 heterocycles. The summed E-state index contributed by atoms with van der Waals surface area (Å²) in [5, 5.41) is 4.44. The Bertz CT molecular complexity index is 587. The van der Waals surface area contributed by atoms with Crippen LogP contribution in [0.5, 0.6) is 5.75 Å². The highest BCUT2D eigenvalue weighted by atomic mass is 16.5. The van der Waals surface area contributed by atoms with Gasteiger partial charge in [-0.25, -0.2) is 0 Å². The van der Waals surface area contributed by atoms with Crippen molar-refractivity contribution in [3.63, 3.8) is 0 Å². The molecule has 0 bridgehead atoms. The van der Waals surface area contributed by atoms with Crippen molar-refractivity contribution in [2.75, 3.05) is 6.61 Å². The maximum Gasteiger partial charge on any atom is 0.128 e. The van der Waals surface area contributed by atoms with E-state index in [2.05, 4.69) is 17.0 Å². The van der Waals surface area contributed by atoms with Gasteiger partial charge < -0.3 is 4.74 Å². The average molecular weight is 271 g/mol. The lowest BCUT2D eigenvalue weighted by Gasteiger charge is -2.05. The van der Waals surface area contributed by atoms with Crippen LogP contribution in [0.2, 0.25) is 0 Å². The van der Waals surface area contributed by atoms with Crippen LogP contribution in [0.25, 0.3) is 0 Å². The highest BCUT2D eigenvalue weighted by Crippen LogP contribution is 2.21. The smallest absolute Gasteiger partial charge is 0.128 e. The molecule has 4 heteroatoms. The maximum atomic E-state index is 5.60. The first-order valence-electron chi connectivity index (χ1n) is 7.03. The van der Waals surface area contributed by atoms with Crippen molar-refractivity contribution in [2.45, 2.75) is 26.7 Å². The van der Waals surface area contributed by atoms with Crippen molar-refractivity contribution in [3.05, 3.63) is 41.7 Å². The predicted molar refractivity (Wildman–Crippen MR) is 82.1 cm³/mol. The summed E-state index contributed by atoms with van der Waals surface area (Å²) < 4.78 is 7.41. The van der Waals surface area contributed by atoms with E-state index in [4.69, 9.17) is 4.74 Å². The summed E-state index contributed by atoms with van der Waals surface area (Å²) in [6.45, 7) is 4.78. The van der Waals surface area contributed by atoms with Crippen LogP contribution in [-0.2, 0) is 13.5 Å². The second kappa shape index (κ2) is 6.89. The molecule has 0 spiro atoms. The summed E-state index contributed by atoms with van der Waals surface area (Å²) in [7, 11) is 1.92. The van der Waals surface area contributed by atoms with E-state index in [9.17, 15) is 0 Å². The fourth-order valence-electron chi connectivity index (χ4n) is 2.06. The summed E-state index contributed by atoms with van der Waals surface area (Å²) >= 11 is 0. The quantitative estimate of drug-likeness (QED) is 0.754. The molecular formula is C16H21N3O. The summed E-state index contributed by atoms with van der Waals surface area (Å²) in [5.74, 6) is 0.861. The van der Waals surface area contributed by atoms with Crippen molar-refractivity contribution in [3.8, 4) is 5.75 Å². The monoisotopic (exact) mass is 271 g/mol. The number of benzene rings is 1. The molecule has 0 aliphatic heterocycles. The fraction of sp³-hybridized carbons (Fsp3) is 0.375. The van der Waals surface area contributed by atoms with Gasteiger partial charge in [0.15, 0.2) is 0 Å². The summed E-state index contributed by atoms with van der Waals surface area (Å²) in [4.78, 5) is 4.57. The topological polar surface area (TPSA) is 39.4 Å². The van der Waals surface area contributed by atoms with Crippen molar-refractivity contribution < 1.29 is 4.74 Å². The minimum Gasteiger partial charge on any atom is -0.493 e. The minimum atomic E-state index is 0.652. The van der Waals surface area contributed by atoms with Crippen LogP contribution >= 0.6 is 0 Å². The normalized spacial score (nSPS) is 11.2. The molecule has 4 nitrogen and oxygen atoms in total. The van der Waals surface area contributed by atoms with Gasteiger partial charge in [-0.1, -0.05) is 25.5 Å². The van der Waals surface area contributed by atoms with Crippen molar-refractivity contribution in [2.24, 2.45) is 12.0 Å². The highest BCUT2D eigenvalue weighted by molar-refractivity contribution is 5.85. The SMILES string of the molecule is CCCc1nn(C)cc1N=Cc1ccccc1OCC. The lowest BCUT2D eigenvalue weighted by molar-refractivity contribution is 0.340. The van der Waals surface area contributed by atoms with E-state index in [0.717, 1.165) is 35.5 Å². The summed E-state index contributed by atoms with van der Waals surface area (Å²) in [6.07, 6.45) is 5.81. The van der Waals surface area contributed by atoms with Crippen LogP contribution < -0.4 is 4.74 Å². The lowest BCUT2D eigenvalue weighted by Crippen LogP contribution is -1.95. The highest BCUT2D eigenvalue weighted by Gasteiger charge is 2.05. The van der Waals surface area contributed by atoms with Gasteiger partial charge in [-0.15, -0.1) is 0 Å². The van der Waals surface area contributed by atoms with E-state index in [0.29, 0.717) is 6.61 Å². The molecule has 0 saturated heterocycles. The van der Waals surface area contributed by atoms with Crippen LogP contribution in [0.3, 0.4) is 0 Å². The Kier molecular flexibility index (Phi) is 4.93. The number of hydrogen-bond donors (Lipinski definition) is 0. The largest absolute Gasteiger partial charge is 0.493 e. The van der Waals surface area contributed by atoms with Crippen molar-refractivity contribution in [1.82, 2.24) is 9.78 Å². The Balaban J connectivity index is 2.25. The van der Waals surface area contributed by atoms with Crippen LogP contribution in [0.1, 0.15) is 31.5 Å². The Morgan fingerprint density at radius 1 is 1.30 bits per heavy atom. The van der Waals surface area contributed by atoms with Gasteiger partial charge in [0.05, 0.1) is 18.5 Å². The van der Waals surface area contributed by atoms with Crippen molar-refractivity contribution in [1.29, 1.82) is 0 Å². The van der Waals surface area contributed by atoms with Crippen LogP contribution in [0, 0.1) is 0 Å². The molecule has 0 aliphatic carbocycles. The van der Waals surface area contributed by atoms with Gasteiger partial charge in [-0.2, -0.15) is 5.10 Å². The van der Waals surface area contributed by atoms with Gasteiger partial charge in [0, 0.05) is 18.8 Å². The molecule has 0 saturated carbocycles. The molecule has 0 aliphatic rings. The number of aliphatic imine (C=N–C) groups is 1. The number of ether oxygens (including phenoxy) is 1. The molecule has 2 rings (SSSR count). The molecule has 0 unspecified atom stereocenters. The van der Waals surface area contributed by atoms with E-state index in [1.54, 1.807) is 0 Å². The standard InChI is InChI=1S/C16H21N3O/c1-4-8-14-15(12-19(3)18-14)17-11-13-9-6-7-10-16(13)20-5-2/h6-7,9-12H,4-5,8H2,1-3H3. The van der Waals surface area contributed by atoms with E-state index < -0.39 is 0 Å². The molecule has 0 N–H and O–H groups in total. The van der Waals surface area contributed by atoms with E-state index >= 15 is 0 Å². The second-order valence-corrected chi connectivity index (χ2v) is 4.61. The zero-order valence-corrected chi connectivity index (χ0v) is 12.3. The molecule has 20 heavy (non-hydrogen) atoms.